The van der Waals surface area contributed by atoms with Gasteiger partial charge in [0.25, 0.3) is 0 Å². The second kappa shape index (κ2) is 4.62. The van der Waals surface area contributed by atoms with Gasteiger partial charge in [0, 0.05) is 15.7 Å². The van der Waals surface area contributed by atoms with Crippen LogP contribution < -0.4 is 5.73 Å². The van der Waals surface area contributed by atoms with Gasteiger partial charge in [0.15, 0.2) is 0 Å². The number of nitrogen functional groups attached to an aromatic ring is 1. The molecule has 0 amide bonds. The maximum Gasteiger partial charge on any atom is 0.127 e. The summed E-state index contributed by atoms with van der Waals surface area (Å²) in [5, 5.41) is 0. The Bertz CT molecular complexity index is 608. The van der Waals surface area contributed by atoms with Gasteiger partial charge in [0.1, 0.15) is 5.82 Å². The van der Waals surface area contributed by atoms with Gasteiger partial charge in [0.2, 0.25) is 0 Å². The van der Waals surface area contributed by atoms with E-state index in [9.17, 15) is 4.39 Å². The van der Waals surface area contributed by atoms with E-state index in [0.29, 0.717) is 24.5 Å². The summed E-state index contributed by atoms with van der Waals surface area (Å²) in [5.41, 5.74) is 7.71. The highest BCUT2D eigenvalue weighted by Crippen LogP contribution is 2.41. The fraction of sp³-hybridized carbons (Fsp3) is 0.200. The molecule has 0 spiro atoms. The molecule has 0 radical (unpaired) electrons. The molecule has 1 fully saturated rings. The number of rotatable bonds is 2. The topological polar surface area (TPSA) is 35.2 Å². The minimum atomic E-state index is -0.401. The molecule has 2 N–H and O–H groups in total. The molecule has 1 aliphatic heterocycles. The van der Waals surface area contributed by atoms with Crippen molar-refractivity contribution in [2.75, 3.05) is 18.9 Å². The zero-order chi connectivity index (χ0) is 13.5. The first-order valence-electron chi connectivity index (χ1n) is 6.01. The normalized spacial score (nSPS) is 16.9. The molecule has 0 aromatic heterocycles. The molecular weight excluding hydrogens is 309 g/mol. The quantitative estimate of drug-likeness (QED) is 0.859. The Balaban J connectivity index is 2.13. The number of halogens is 2. The van der Waals surface area contributed by atoms with Crippen molar-refractivity contribution < 1.29 is 9.13 Å². The number of nitrogens with two attached hydrogens (primary N) is 1. The maximum atomic E-state index is 14.1. The molecule has 0 unspecified atom stereocenters. The lowest BCUT2D eigenvalue weighted by Crippen LogP contribution is -2.48. The number of ether oxygens (including phenoxy) is 1. The van der Waals surface area contributed by atoms with Gasteiger partial charge in [-0.15, -0.1) is 0 Å². The smallest absolute Gasteiger partial charge is 0.127 e. The molecule has 2 aromatic rings. The van der Waals surface area contributed by atoms with E-state index < -0.39 is 5.41 Å². The van der Waals surface area contributed by atoms with Gasteiger partial charge in [-0.1, -0.05) is 28.1 Å². The first-order valence-corrected chi connectivity index (χ1v) is 6.80. The van der Waals surface area contributed by atoms with Gasteiger partial charge in [-0.25, -0.2) is 4.39 Å². The van der Waals surface area contributed by atoms with Crippen molar-refractivity contribution in [1.29, 1.82) is 0 Å². The molecule has 0 aliphatic carbocycles. The van der Waals surface area contributed by atoms with Gasteiger partial charge in [-0.3, -0.25) is 0 Å². The zero-order valence-corrected chi connectivity index (χ0v) is 11.8. The molecule has 1 aliphatic rings. The summed E-state index contributed by atoms with van der Waals surface area (Å²) >= 11 is 3.40. The fourth-order valence-corrected chi connectivity index (χ4v) is 2.81. The lowest BCUT2D eigenvalue weighted by molar-refractivity contribution is -0.0395. The van der Waals surface area contributed by atoms with Crippen LogP contribution in [0.25, 0.3) is 0 Å². The van der Waals surface area contributed by atoms with Crippen LogP contribution in [0.15, 0.2) is 46.9 Å². The number of anilines is 1. The second-order valence-electron chi connectivity index (χ2n) is 4.82. The molecule has 0 saturated carbocycles. The highest BCUT2D eigenvalue weighted by atomic mass is 79.9. The summed E-state index contributed by atoms with van der Waals surface area (Å²) in [4.78, 5) is 0. The number of hydrogen-bond acceptors (Lipinski definition) is 2. The zero-order valence-electron chi connectivity index (χ0n) is 10.2. The monoisotopic (exact) mass is 321 g/mol. The predicted molar refractivity (Wildman–Crippen MR) is 76.6 cm³/mol. The van der Waals surface area contributed by atoms with Crippen molar-refractivity contribution >= 4 is 21.6 Å². The molecule has 98 valence electrons. The van der Waals surface area contributed by atoms with E-state index in [0.717, 1.165) is 10.0 Å². The Labute approximate surface area is 119 Å². The third kappa shape index (κ3) is 2.05. The maximum absolute atomic E-state index is 14.1. The fourth-order valence-electron chi connectivity index (χ4n) is 2.45. The van der Waals surface area contributed by atoms with Gasteiger partial charge in [-0.2, -0.15) is 0 Å². The van der Waals surface area contributed by atoms with Crippen LogP contribution in [0.4, 0.5) is 10.1 Å². The molecular formula is C15H13BrFNO. The summed E-state index contributed by atoms with van der Waals surface area (Å²) in [7, 11) is 0. The van der Waals surface area contributed by atoms with E-state index in [1.165, 1.54) is 6.07 Å². The molecule has 3 rings (SSSR count). The van der Waals surface area contributed by atoms with E-state index in [1.54, 1.807) is 6.07 Å². The Morgan fingerprint density at radius 1 is 1.11 bits per heavy atom. The summed E-state index contributed by atoms with van der Waals surface area (Å²) in [5.74, 6) is -0.205. The van der Waals surface area contributed by atoms with Gasteiger partial charge < -0.3 is 10.5 Å². The molecule has 0 bridgehead atoms. The Morgan fingerprint density at radius 2 is 1.79 bits per heavy atom. The summed E-state index contributed by atoms with van der Waals surface area (Å²) < 4.78 is 20.4. The summed E-state index contributed by atoms with van der Waals surface area (Å²) in [6.45, 7) is 0.981. The molecule has 2 nitrogen and oxygen atoms in total. The van der Waals surface area contributed by atoms with Crippen LogP contribution >= 0.6 is 15.9 Å². The van der Waals surface area contributed by atoms with Crippen LogP contribution in [-0.2, 0) is 10.2 Å². The molecule has 1 heterocycles. The Kier molecular flexibility index (Phi) is 3.07. The van der Waals surface area contributed by atoms with Crippen molar-refractivity contribution in [2.45, 2.75) is 5.41 Å². The minimum Gasteiger partial charge on any atom is -0.399 e. The number of benzene rings is 2. The van der Waals surface area contributed by atoms with Crippen molar-refractivity contribution in [1.82, 2.24) is 0 Å². The van der Waals surface area contributed by atoms with Crippen molar-refractivity contribution in [3.05, 3.63) is 63.9 Å². The largest absolute Gasteiger partial charge is 0.399 e. The average molecular weight is 322 g/mol. The first-order chi connectivity index (χ1) is 9.12. The van der Waals surface area contributed by atoms with Crippen LogP contribution in [-0.4, -0.2) is 13.2 Å². The molecule has 4 heteroatoms. The van der Waals surface area contributed by atoms with Gasteiger partial charge in [0.05, 0.1) is 18.6 Å². The third-order valence-corrected chi connectivity index (χ3v) is 4.10. The van der Waals surface area contributed by atoms with Crippen molar-refractivity contribution in [2.24, 2.45) is 0 Å². The van der Waals surface area contributed by atoms with E-state index in [2.05, 4.69) is 15.9 Å². The van der Waals surface area contributed by atoms with Crippen LogP contribution in [0.1, 0.15) is 11.1 Å². The predicted octanol–water partition coefficient (Wildman–Crippen LogP) is 3.49. The third-order valence-electron chi connectivity index (χ3n) is 3.60. The van der Waals surface area contributed by atoms with E-state index >= 15 is 0 Å². The molecule has 19 heavy (non-hydrogen) atoms. The molecule has 0 atom stereocenters. The van der Waals surface area contributed by atoms with Crippen LogP contribution in [0, 0.1) is 5.82 Å². The standard InChI is InChI=1S/C15H13BrFNO/c16-11-3-6-14(17)13(7-11)15(8-19-9-15)10-1-4-12(18)5-2-10/h1-7H,8-9,18H2. The van der Waals surface area contributed by atoms with Crippen molar-refractivity contribution in [3.63, 3.8) is 0 Å². The lowest BCUT2D eigenvalue weighted by Gasteiger charge is -2.42. The minimum absolute atomic E-state index is 0.205. The van der Waals surface area contributed by atoms with Crippen LogP contribution in [0.2, 0.25) is 0 Å². The molecule has 1 saturated heterocycles. The highest BCUT2D eigenvalue weighted by Gasteiger charge is 2.43. The van der Waals surface area contributed by atoms with Crippen LogP contribution in [0.3, 0.4) is 0 Å². The SMILES string of the molecule is Nc1ccc(C2(c3cc(Br)ccc3F)COC2)cc1. The van der Waals surface area contributed by atoms with Gasteiger partial charge in [-0.05, 0) is 35.9 Å². The first kappa shape index (κ1) is 12.6. The summed E-state index contributed by atoms with van der Waals surface area (Å²) in [6.07, 6.45) is 0. The number of hydrogen-bond donors (Lipinski definition) is 1. The Morgan fingerprint density at radius 3 is 2.37 bits per heavy atom. The molecule has 2 aromatic carbocycles. The van der Waals surface area contributed by atoms with E-state index in [4.69, 9.17) is 10.5 Å². The van der Waals surface area contributed by atoms with E-state index in [1.807, 2.05) is 30.3 Å². The second-order valence-corrected chi connectivity index (χ2v) is 5.74. The van der Waals surface area contributed by atoms with Crippen molar-refractivity contribution in [3.8, 4) is 0 Å². The lowest BCUT2D eigenvalue weighted by atomic mass is 9.72. The average Bonchev–Trinajstić information content (AvgIpc) is 2.34. The van der Waals surface area contributed by atoms with Crippen LogP contribution in [0.5, 0.6) is 0 Å². The Hall–Kier alpha value is -1.39. The van der Waals surface area contributed by atoms with E-state index in [-0.39, 0.29) is 5.82 Å². The summed E-state index contributed by atoms with van der Waals surface area (Å²) in [6, 6.07) is 12.6. The van der Waals surface area contributed by atoms with Gasteiger partial charge >= 0.3 is 0 Å². The highest BCUT2D eigenvalue weighted by molar-refractivity contribution is 9.10.